The van der Waals surface area contributed by atoms with E-state index in [1.54, 1.807) is 0 Å². The molecule has 4 heteroatoms. The highest BCUT2D eigenvalue weighted by molar-refractivity contribution is 4.91. The zero-order valence-electron chi connectivity index (χ0n) is 18.9. The number of alkyl halides is 2. The summed E-state index contributed by atoms with van der Waals surface area (Å²) in [6, 6.07) is 0. The molecule has 29 heavy (non-hydrogen) atoms. The molecule has 0 spiro atoms. The van der Waals surface area contributed by atoms with E-state index in [2.05, 4.69) is 20.8 Å². The summed E-state index contributed by atoms with van der Waals surface area (Å²) < 4.78 is 35.3. The monoisotopic (exact) mass is 414 g/mol. The summed E-state index contributed by atoms with van der Waals surface area (Å²) in [5.41, 5.74) is 0. The van der Waals surface area contributed by atoms with Crippen LogP contribution in [-0.4, -0.2) is 23.9 Å². The van der Waals surface area contributed by atoms with Crippen molar-refractivity contribution >= 4 is 0 Å². The van der Waals surface area contributed by atoms with E-state index >= 15 is 0 Å². The maximum absolute atomic E-state index is 14.9. The summed E-state index contributed by atoms with van der Waals surface area (Å²) >= 11 is 0. The Labute approximate surface area is 177 Å². The van der Waals surface area contributed by atoms with Crippen LogP contribution in [0.5, 0.6) is 0 Å². The molecule has 0 aromatic heterocycles. The molecule has 3 saturated carbocycles. The van der Waals surface area contributed by atoms with Gasteiger partial charge in [0.15, 0.2) is 0 Å². The van der Waals surface area contributed by atoms with Gasteiger partial charge in [-0.05, 0) is 86.9 Å². The molecule has 3 fully saturated rings. The van der Waals surface area contributed by atoms with Crippen LogP contribution in [0.15, 0.2) is 0 Å². The Morgan fingerprint density at radius 2 is 1.41 bits per heavy atom. The third kappa shape index (κ3) is 5.73. The lowest BCUT2D eigenvalue weighted by atomic mass is 9.61. The Morgan fingerprint density at radius 3 is 2.00 bits per heavy atom. The second kappa shape index (κ2) is 10.4. The number of aliphatic hydroxyl groups is 1. The Morgan fingerprint density at radius 1 is 0.828 bits per heavy atom. The van der Waals surface area contributed by atoms with Crippen LogP contribution in [0.25, 0.3) is 0 Å². The van der Waals surface area contributed by atoms with Gasteiger partial charge in [0.05, 0.1) is 12.0 Å². The summed E-state index contributed by atoms with van der Waals surface area (Å²) in [5.74, 6) is 2.99. The molecule has 0 bridgehead atoms. The van der Waals surface area contributed by atoms with Crippen molar-refractivity contribution in [3.63, 3.8) is 0 Å². The average Bonchev–Trinajstić information content (AvgIpc) is 2.73. The smallest absolute Gasteiger partial charge is 0.358 e. The SMILES string of the molecule is CCC1CC(CO)CCC1C1CCC(OC(F)(F)C2CCC(C)CC2)CC1CC. The first-order chi connectivity index (χ1) is 13.9. The lowest BCUT2D eigenvalue weighted by Crippen LogP contribution is -2.43. The fraction of sp³-hybridized carbons (Fsp3) is 1.00. The van der Waals surface area contributed by atoms with Gasteiger partial charge in [-0.1, -0.05) is 46.5 Å². The van der Waals surface area contributed by atoms with Crippen molar-refractivity contribution in [3.05, 3.63) is 0 Å². The largest absolute Gasteiger partial charge is 0.396 e. The summed E-state index contributed by atoms with van der Waals surface area (Å²) in [4.78, 5) is 0. The molecule has 170 valence electrons. The second-order valence-electron chi connectivity index (χ2n) is 10.6. The van der Waals surface area contributed by atoms with Gasteiger partial charge in [0.1, 0.15) is 0 Å². The van der Waals surface area contributed by atoms with E-state index in [0.717, 1.165) is 51.4 Å². The first kappa shape index (κ1) is 23.4. The van der Waals surface area contributed by atoms with E-state index in [4.69, 9.17) is 4.74 Å². The Balaban J connectivity index is 1.57. The molecule has 0 aliphatic heterocycles. The number of rotatable bonds is 7. The van der Waals surface area contributed by atoms with Gasteiger partial charge >= 0.3 is 6.11 Å². The third-order valence-corrected chi connectivity index (χ3v) is 8.81. The van der Waals surface area contributed by atoms with Crippen LogP contribution < -0.4 is 0 Å². The lowest BCUT2D eigenvalue weighted by molar-refractivity contribution is -0.304. The van der Waals surface area contributed by atoms with E-state index in [9.17, 15) is 13.9 Å². The highest BCUT2D eigenvalue weighted by Crippen LogP contribution is 2.49. The van der Waals surface area contributed by atoms with Crippen LogP contribution in [0.3, 0.4) is 0 Å². The summed E-state index contributed by atoms with van der Waals surface area (Å²) in [7, 11) is 0. The number of aliphatic hydroxyl groups excluding tert-OH is 1. The molecule has 6 unspecified atom stereocenters. The van der Waals surface area contributed by atoms with E-state index < -0.39 is 12.0 Å². The van der Waals surface area contributed by atoms with Crippen molar-refractivity contribution in [1.29, 1.82) is 0 Å². The normalized spacial score (nSPS) is 42.0. The molecule has 2 nitrogen and oxygen atoms in total. The van der Waals surface area contributed by atoms with Crippen LogP contribution in [-0.2, 0) is 4.74 Å². The Bertz CT molecular complexity index is 489. The van der Waals surface area contributed by atoms with Crippen molar-refractivity contribution in [1.82, 2.24) is 0 Å². The fourth-order valence-electron chi connectivity index (χ4n) is 6.88. The Hall–Kier alpha value is -0.220. The zero-order valence-corrected chi connectivity index (χ0v) is 18.9. The van der Waals surface area contributed by atoms with Gasteiger partial charge in [0, 0.05) is 6.61 Å². The minimum absolute atomic E-state index is 0.278. The average molecular weight is 415 g/mol. The molecule has 3 aliphatic carbocycles. The van der Waals surface area contributed by atoms with Gasteiger partial charge in [0.25, 0.3) is 0 Å². The molecular formula is C25H44F2O2. The topological polar surface area (TPSA) is 29.5 Å². The van der Waals surface area contributed by atoms with Gasteiger partial charge in [-0.15, -0.1) is 0 Å². The highest BCUT2D eigenvalue weighted by atomic mass is 19.3. The number of hydrogen-bond acceptors (Lipinski definition) is 2. The van der Waals surface area contributed by atoms with Crippen LogP contribution in [0.2, 0.25) is 0 Å². The van der Waals surface area contributed by atoms with Gasteiger partial charge in [0.2, 0.25) is 0 Å². The van der Waals surface area contributed by atoms with Crippen LogP contribution in [0.1, 0.15) is 97.8 Å². The summed E-state index contributed by atoms with van der Waals surface area (Å²) in [6.45, 7) is 6.98. The molecule has 0 aromatic rings. The van der Waals surface area contributed by atoms with Gasteiger partial charge in [-0.3, -0.25) is 0 Å². The quantitative estimate of drug-likeness (QED) is 0.483. The van der Waals surface area contributed by atoms with E-state index in [-0.39, 0.29) is 6.10 Å². The summed E-state index contributed by atoms with van der Waals surface area (Å²) in [5, 5.41) is 9.58. The lowest BCUT2D eigenvalue weighted by Gasteiger charge is -2.46. The molecule has 0 saturated heterocycles. The van der Waals surface area contributed by atoms with Gasteiger partial charge in [-0.25, -0.2) is 0 Å². The van der Waals surface area contributed by atoms with E-state index in [0.29, 0.717) is 55.0 Å². The fourth-order valence-corrected chi connectivity index (χ4v) is 6.88. The number of hydrogen-bond donors (Lipinski definition) is 1. The highest BCUT2D eigenvalue weighted by Gasteiger charge is 2.46. The van der Waals surface area contributed by atoms with Crippen LogP contribution in [0, 0.1) is 41.4 Å². The zero-order chi connectivity index (χ0) is 21.0. The van der Waals surface area contributed by atoms with Crippen LogP contribution >= 0.6 is 0 Å². The molecular weight excluding hydrogens is 370 g/mol. The number of halogens is 2. The first-order valence-corrected chi connectivity index (χ1v) is 12.5. The molecule has 0 radical (unpaired) electrons. The van der Waals surface area contributed by atoms with E-state index in [1.165, 1.54) is 12.8 Å². The van der Waals surface area contributed by atoms with Crippen LogP contribution in [0.4, 0.5) is 8.78 Å². The van der Waals surface area contributed by atoms with Gasteiger partial charge < -0.3 is 9.84 Å². The predicted octanol–water partition coefficient (Wildman–Crippen LogP) is 7.05. The molecule has 3 aliphatic rings. The van der Waals surface area contributed by atoms with E-state index in [1.807, 2.05) is 0 Å². The molecule has 0 aromatic carbocycles. The second-order valence-corrected chi connectivity index (χ2v) is 10.6. The molecule has 0 amide bonds. The van der Waals surface area contributed by atoms with Crippen molar-refractivity contribution in [2.75, 3.05) is 6.61 Å². The molecule has 6 atom stereocenters. The van der Waals surface area contributed by atoms with Crippen molar-refractivity contribution in [2.24, 2.45) is 41.4 Å². The minimum Gasteiger partial charge on any atom is -0.396 e. The Kier molecular flexibility index (Phi) is 8.40. The summed E-state index contributed by atoms with van der Waals surface area (Å²) in [6.07, 6.45) is 8.11. The third-order valence-electron chi connectivity index (χ3n) is 8.81. The molecule has 3 rings (SSSR count). The first-order valence-electron chi connectivity index (χ1n) is 12.5. The molecule has 0 heterocycles. The van der Waals surface area contributed by atoms with Crippen molar-refractivity contribution in [3.8, 4) is 0 Å². The standard InChI is InChI=1S/C25H44F2O2/c1-4-19-14-18(16-28)8-12-23(19)24-13-11-22(15-20(24)5-2)29-25(26,27)21-9-6-17(3)7-10-21/h17-24,28H,4-16H2,1-3H3. The maximum Gasteiger partial charge on any atom is 0.358 e. The maximum atomic E-state index is 14.9. The minimum atomic E-state index is -2.96. The predicted molar refractivity (Wildman–Crippen MR) is 114 cm³/mol. The van der Waals surface area contributed by atoms with Gasteiger partial charge in [-0.2, -0.15) is 8.78 Å². The van der Waals surface area contributed by atoms with Crippen molar-refractivity contribution in [2.45, 2.75) is 110 Å². The molecule has 1 N–H and O–H groups in total. The van der Waals surface area contributed by atoms with Crippen molar-refractivity contribution < 1.29 is 18.6 Å². The number of ether oxygens (including phenoxy) is 1.